The van der Waals surface area contributed by atoms with Gasteiger partial charge < -0.3 is 15.4 Å². The zero-order valence-electron chi connectivity index (χ0n) is 16.5. The molecule has 0 bridgehead atoms. The Labute approximate surface area is 174 Å². The minimum absolute atomic E-state index is 0.0290. The quantitative estimate of drug-likeness (QED) is 0.437. The number of aromatic nitrogens is 1. The Morgan fingerprint density at radius 2 is 1.73 bits per heavy atom. The number of benzene rings is 2. The van der Waals surface area contributed by atoms with Crippen LogP contribution >= 0.6 is 0 Å². The maximum absolute atomic E-state index is 12.5. The largest absolute Gasteiger partial charge is 0.480 e. The fraction of sp³-hybridized carbons (Fsp3) is 0.238. The molecule has 0 radical (unpaired) electrons. The molecule has 0 saturated heterocycles. The van der Waals surface area contributed by atoms with Gasteiger partial charge in [-0.2, -0.15) is 0 Å². The van der Waals surface area contributed by atoms with Gasteiger partial charge in [0.25, 0.3) is 5.91 Å². The summed E-state index contributed by atoms with van der Waals surface area (Å²) in [5.74, 6) is -1.75. The monoisotopic (exact) mass is 429 g/mol. The number of carboxylic acid groups (broad SMARTS) is 1. The topological polar surface area (TPSA) is 128 Å². The number of carbonyl (C=O) groups excluding carboxylic acids is 1. The molecule has 0 aliphatic carbocycles. The van der Waals surface area contributed by atoms with Crippen LogP contribution in [0.4, 0.5) is 0 Å². The number of aromatic amines is 1. The van der Waals surface area contributed by atoms with Gasteiger partial charge >= 0.3 is 5.97 Å². The molecule has 0 spiro atoms. The summed E-state index contributed by atoms with van der Waals surface area (Å²) in [5.41, 5.74) is 1.83. The van der Waals surface area contributed by atoms with Crippen LogP contribution in [0.2, 0.25) is 0 Å². The van der Waals surface area contributed by atoms with Crippen LogP contribution in [0.25, 0.3) is 10.9 Å². The molecule has 9 heteroatoms. The van der Waals surface area contributed by atoms with Gasteiger partial charge in [0, 0.05) is 35.1 Å². The van der Waals surface area contributed by atoms with E-state index in [0.29, 0.717) is 0 Å². The average molecular weight is 429 g/mol. The summed E-state index contributed by atoms with van der Waals surface area (Å²) in [5, 5.41) is 13.0. The number of para-hydroxylation sites is 1. The summed E-state index contributed by atoms with van der Waals surface area (Å²) in [6.45, 7) is 3.41. The minimum atomic E-state index is -3.67. The van der Waals surface area contributed by atoms with Gasteiger partial charge in [-0.1, -0.05) is 18.2 Å². The third-order valence-corrected chi connectivity index (χ3v) is 6.19. The van der Waals surface area contributed by atoms with E-state index in [0.717, 1.165) is 16.5 Å². The van der Waals surface area contributed by atoms with Crippen LogP contribution in [0.3, 0.4) is 0 Å². The van der Waals surface area contributed by atoms with E-state index < -0.39 is 27.9 Å². The number of sulfonamides is 1. The van der Waals surface area contributed by atoms with Gasteiger partial charge in [-0.3, -0.25) is 4.79 Å². The van der Waals surface area contributed by atoms with Crippen molar-refractivity contribution < 1.29 is 23.1 Å². The Hall–Kier alpha value is -3.17. The van der Waals surface area contributed by atoms with Crippen LogP contribution in [0, 0.1) is 0 Å². The van der Waals surface area contributed by atoms with Gasteiger partial charge in [0.15, 0.2) is 0 Å². The summed E-state index contributed by atoms with van der Waals surface area (Å²) in [7, 11) is -3.67. The number of nitrogens with one attached hydrogen (secondary N) is 3. The summed E-state index contributed by atoms with van der Waals surface area (Å²) in [6, 6.07) is 11.4. The Bertz CT molecular complexity index is 1170. The van der Waals surface area contributed by atoms with Crippen LogP contribution in [-0.2, 0) is 21.2 Å². The zero-order valence-corrected chi connectivity index (χ0v) is 17.4. The van der Waals surface area contributed by atoms with Gasteiger partial charge in [0.2, 0.25) is 10.0 Å². The fourth-order valence-corrected chi connectivity index (χ4v) is 4.38. The first-order chi connectivity index (χ1) is 14.2. The normalized spacial score (nSPS) is 12.8. The SMILES string of the molecule is CC(C)NS(=O)(=O)c1ccc(C(=O)N[C@@H](Cc2c[nH]c3ccccc23)C(=O)O)cc1. The number of H-pyrrole nitrogens is 1. The number of fused-ring (bicyclic) bond motifs is 1. The molecular weight excluding hydrogens is 406 g/mol. The maximum atomic E-state index is 12.5. The lowest BCUT2D eigenvalue weighted by Crippen LogP contribution is -2.42. The van der Waals surface area contributed by atoms with Crippen LogP contribution < -0.4 is 10.0 Å². The second kappa shape index (κ2) is 8.68. The van der Waals surface area contributed by atoms with Crippen molar-refractivity contribution in [2.24, 2.45) is 0 Å². The van der Waals surface area contributed by atoms with Crippen molar-refractivity contribution in [3.63, 3.8) is 0 Å². The van der Waals surface area contributed by atoms with Crippen LogP contribution in [0.15, 0.2) is 59.6 Å². The number of aliphatic carboxylic acids is 1. The zero-order chi connectivity index (χ0) is 21.9. The van der Waals surface area contributed by atoms with E-state index >= 15 is 0 Å². The molecule has 8 nitrogen and oxygen atoms in total. The first-order valence-corrected chi connectivity index (χ1v) is 10.9. The second-order valence-electron chi connectivity index (χ2n) is 7.23. The van der Waals surface area contributed by atoms with Crippen molar-refractivity contribution in [1.82, 2.24) is 15.0 Å². The van der Waals surface area contributed by atoms with E-state index in [1.807, 2.05) is 24.3 Å². The molecule has 2 aromatic carbocycles. The molecule has 0 fully saturated rings. The van der Waals surface area contributed by atoms with Gasteiger partial charge in [-0.05, 0) is 49.7 Å². The number of hydrogen-bond acceptors (Lipinski definition) is 4. The van der Waals surface area contributed by atoms with Crippen molar-refractivity contribution in [1.29, 1.82) is 0 Å². The van der Waals surface area contributed by atoms with Gasteiger partial charge in [-0.15, -0.1) is 0 Å². The van der Waals surface area contributed by atoms with Crippen molar-refractivity contribution in [2.75, 3.05) is 0 Å². The molecule has 0 aliphatic rings. The van der Waals surface area contributed by atoms with E-state index in [1.54, 1.807) is 20.0 Å². The summed E-state index contributed by atoms with van der Waals surface area (Å²) in [6.07, 6.45) is 1.84. The Balaban J connectivity index is 1.74. The summed E-state index contributed by atoms with van der Waals surface area (Å²) in [4.78, 5) is 27.4. The highest BCUT2D eigenvalue weighted by Gasteiger charge is 2.23. The highest BCUT2D eigenvalue weighted by molar-refractivity contribution is 7.89. The molecule has 1 heterocycles. The lowest BCUT2D eigenvalue weighted by Gasteiger charge is -2.15. The molecule has 1 amide bonds. The molecule has 30 heavy (non-hydrogen) atoms. The summed E-state index contributed by atoms with van der Waals surface area (Å²) < 4.78 is 26.8. The van der Waals surface area contributed by atoms with Crippen molar-refractivity contribution >= 4 is 32.8 Å². The van der Waals surface area contributed by atoms with Gasteiger partial charge in [0.1, 0.15) is 6.04 Å². The highest BCUT2D eigenvalue weighted by atomic mass is 32.2. The number of rotatable bonds is 8. The molecule has 1 aromatic heterocycles. The molecular formula is C21H23N3O5S. The van der Waals surface area contributed by atoms with Crippen molar-refractivity contribution in [3.8, 4) is 0 Å². The predicted octanol–water partition coefficient (Wildman–Crippen LogP) is 2.28. The molecule has 0 saturated carbocycles. The predicted molar refractivity (Wildman–Crippen MR) is 113 cm³/mol. The first-order valence-electron chi connectivity index (χ1n) is 9.38. The Morgan fingerprint density at radius 1 is 1.07 bits per heavy atom. The lowest BCUT2D eigenvalue weighted by molar-refractivity contribution is -0.139. The Morgan fingerprint density at radius 3 is 2.37 bits per heavy atom. The van der Waals surface area contributed by atoms with E-state index in [2.05, 4.69) is 15.0 Å². The molecule has 3 rings (SSSR count). The lowest BCUT2D eigenvalue weighted by atomic mass is 10.0. The van der Waals surface area contributed by atoms with Crippen LogP contribution in [-0.4, -0.2) is 42.5 Å². The fourth-order valence-electron chi connectivity index (χ4n) is 3.13. The van der Waals surface area contributed by atoms with Gasteiger partial charge in [-0.25, -0.2) is 17.9 Å². The number of amides is 1. The molecule has 3 aromatic rings. The maximum Gasteiger partial charge on any atom is 0.326 e. The third kappa shape index (κ3) is 4.87. The van der Waals surface area contributed by atoms with Crippen LogP contribution in [0.1, 0.15) is 29.8 Å². The molecule has 0 unspecified atom stereocenters. The highest BCUT2D eigenvalue weighted by Crippen LogP contribution is 2.19. The first kappa shape index (κ1) is 21.5. The second-order valence-corrected chi connectivity index (χ2v) is 8.94. The number of hydrogen-bond donors (Lipinski definition) is 4. The van der Waals surface area contributed by atoms with E-state index in [4.69, 9.17) is 0 Å². The minimum Gasteiger partial charge on any atom is -0.480 e. The molecule has 1 atom stereocenters. The van der Waals surface area contributed by atoms with Crippen molar-refractivity contribution in [3.05, 3.63) is 65.9 Å². The van der Waals surface area contributed by atoms with E-state index in [-0.39, 0.29) is 22.9 Å². The molecule has 0 aliphatic heterocycles. The third-order valence-electron chi connectivity index (χ3n) is 4.52. The average Bonchev–Trinajstić information content (AvgIpc) is 3.09. The van der Waals surface area contributed by atoms with E-state index in [9.17, 15) is 23.1 Å². The standard InChI is InChI=1S/C21H23N3O5S/c1-13(2)24-30(28,29)16-9-7-14(8-10-16)20(25)23-19(21(26)27)11-15-12-22-18-6-4-3-5-17(15)18/h3-10,12-13,19,22,24H,11H2,1-2H3,(H,23,25)(H,26,27)/t19-/m0/s1. The Kier molecular flexibility index (Phi) is 6.23. The number of carboxylic acids is 1. The van der Waals surface area contributed by atoms with E-state index in [1.165, 1.54) is 24.3 Å². The molecule has 4 N–H and O–H groups in total. The molecule has 158 valence electrons. The number of carbonyl (C=O) groups is 2. The van der Waals surface area contributed by atoms with Crippen molar-refractivity contribution in [2.45, 2.75) is 37.2 Å². The van der Waals surface area contributed by atoms with Crippen LogP contribution in [0.5, 0.6) is 0 Å². The summed E-state index contributed by atoms with van der Waals surface area (Å²) >= 11 is 0. The van der Waals surface area contributed by atoms with Gasteiger partial charge in [0.05, 0.1) is 4.90 Å². The smallest absolute Gasteiger partial charge is 0.326 e.